The Balaban J connectivity index is -0.000000109. The van der Waals surface area contributed by atoms with Gasteiger partial charge in [0, 0.05) is 14.5 Å². The number of hydrogen-bond donors (Lipinski definition) is 1. The zero-order chi connectivity index (χ0) is 6.99. The van der Waals surface area contributed by atoms with E-state index < -0.39 is 0 Å². The first-order valence-electron chi connectivity index (χ1n) is 3.12. The van der Waals surface area contributed by atoms with Crippen LogP contribution in [0.3, 0.4) is 0 Å². The van der Waals surface area contributed by atoms with Crippen LogP contribution < -0.4 is 5.73 Å². The van der Waals surface area contributed by atoms with Crippen molar-refractivity contribution >= 4 is 0 Å². The van der Waals surface area contributed by atoms with Crippen molar-refractivity contribution in [3.8, 4) is 0 Å². The van der Waals surface area contributed by atoms with Crippen LogP contribution in [0.5, 0.6) is 0 Å². The van der Waals surface area contributed by atoms with Crippen molar-refractivity contribution < 1.29 is 1.43 Å². The lowest BCUT2D eigenvalue weighted by Gasteiger charge is -2.03. The maximum atomic E-state index is 5.19. The summed E-state index contributed by atoms with van der Waals surface area (Å²) in [6, 6.07) is 0. The molecule has 2 heteroatoms. The molecule has 0 saturated heterocycles. The normalized spacial score (nSPS) is 8.25. The summed E-state index contributed by atoms with van der Waals surface area (Å²) in [6.45, 7) is 5.74. The van der Waals surface area contributed by atoms with E-state index in [4.69, 9.17) is 5.73 Å². The van der Waals surface area contributed by atoms with E-state index in [0.29, 0.717) is 0 Å². The molecule has 0 bridgehead atoms. The highest BCUT2D eigenvalue weighted by molar-refractivity contribution is 4.38. The fourth-order valence-electron chi connectivity index (χ4n) is 0.258. The maximum absolute atomic E-state index is 5.19. The Morgan fingerprint density at radius 2 is 1.75 bits per heavy atom. The van der Waals surface area contributed by atoms with Crippen LogP contribution in [0, 0.1) is 0 Å². The van der Waals surface area contributed by atoms with Crippen molar-refractivity contribution in [2.24, 2.45) is 5.73 Å². The van der Waals surface area contributed by atoms with E-state index in [0.717, 1.165) is 13.1 Å². The molecule has 8 heavy (non-hydrogen) atoms. The lowest BCUT2D eigenvalue weighted by molar-refractivity contribution is 0.420. The van der Waals surface area contributed by atoms with Gasteiger partial charge in [0.1, 0.15) is 0 Å². The van der Waals surface area contributed by atoms with E-state index in [2.05, 4.69) is 4.90 Å². The Labute approximate surface area is 54.2 Å². The van der Waals surface area contributed by atoms with Crippen LogP contribution in [-0.2, 0) is 0 Å². The number of hydrogen-bond acceptors (Lipinski definition) is 2. The molecule has 0 rings (SSSR count). The Morgan fingerprint density at radius 1 is 1.38 bits per heavy atom. The third-order valence-corrected chi connectivity index (χ3v) is 0.576. The van der Waals surface area contributed by atoms with Gasteiger partial charge in [-0.3, -0.25) is 0 Å². The van der Waals surface area contributed by atoms with Crippen LogP contribution in [0.25, 0.3) is 0 Å². The van der Waals surface area contributed by atoms with Crippen molar-refractivity contribution in [3.05, 3.63) is 0 Å². The highest BCUT2D eigenvalue weighted by atomic mass is 15.1. The summed E-state index contributed by atoms with van der Waals surface area (Å²) in [4.78, 5) is 2.06. The molecule has 0 amide bonds. The molecular formula is C6H20N2. The van der Waals surface area contributed by atoms with Gasteiger partial charge >= 0.3 is 0 Å². The van der Waals surface area contributed by atoms with Crippen molar-refractivity contribution in [1.29, 1.82) is 0 Å². The molecule has 0 aliphatic rings. The Hall–Kier alpha value is -0.0800. The number of nitrogens with zero attached hydrogens (tertiary/aromatic N) is 1. The van der Waals surface area contributed by atoms with Gasteiger partial charge in [0.05, 0.1) is 0 Å². The van der Waals surface area contributed by atoms with Gasteiger partial charge < -0.3 is 10.6 Å². The monoisotopic (exact) mass is 120 g/mol. The van der Waals surface area contributed by atoms with Crippen molar-refractivity contribution in [2.75, 3.05) is 27.2 Å². The van der Waals surface area contributed by atoms with E-state index in [1.165, 1.54) is 0 Å². The molecule has 0 aliphatic carbocycles. The average Bonchev–Trinajstić information content (AvgIpc) is 1.72. The molecule has 0 aromatic heterocycles. The molecule has 0 radical (unpaired) electrons. The summed E-state index contributed by atoms with van der Waals surface area (Å²) >= 11 is 0. The first-order chi connectivity index (χ1) is 3.77. The van der Waals surface area contributed by atoms with Gasteiger partial charge in [-0.25, -0.2) is 0 Å². The quantitative estimate of drug-likeness (QED) is 0.583. The molecule has 0 unspecified atom stereocenters. The fraction of sp³-hybridized carbons (Fsp3) is 1.00. The van der Waals surface area contributed by atoms with Crippen molar-refractivity contribution in [1.82, 2.24) is 4.90 Å². The predicted molar refractivity (Wildman–Crippen MR) is 41.1 cm³/mol. The van der Waals surface area contributed by atoms with E-state index in [1.807, 2.05) is 27.9 Å². The summed E-state index contributed by atoms with van der Waals surface area (Å²) in [7, 11) is 4.01. The van der Waals surface area contributed by atoms with Crippen LogP contribution in [0.1, 0.15) is 15.3 Å². The number of likely N-dealkylation sites (N-methyl/N-ethyl adjacent to an activating group) is 1. The van der Waals surface area contributed by atoms with Crippen LogP contribution in [0.4, 0.5) is 0 Å². The largest absolute Gasteiger partial charge is 0.329 e. The summed E-state index contributed by atoms with van der Waals surface area (Å²) in [5.41, 5.74) is 5.19. The zero-order valence-corrected chi connectivity index (χ0v) is 6.44. The highest BCUT2D eigenvalue weighted by Crippen LogP contribution is 1.64. The third kappa shape index (κ3) is 16.8. The second kappa shape index (κ2) is 10.0. The smallest absolute Gasteiger partial charge is 0.00985 e. The molecule has 54 valence electrons. The first-order valence-corrected chi connectivity index (χ1v) is 3.12. The van der Waals surface area contributed by atoms with E-state index in [9.17, 15) is 0 Å². The van der Waals surface area contributed by atoms with Crippen LogP contribution in [0.2, 0.25) is 0 Å². The summed E-state index contributed by atoms with van der Waals surface area (Å²) in [6.07, 6.45) is 0. The molecule has 0 atom stereocenters. The number of nitrogens with two attached hydrogens (primary N) is 1. The summed E-state index contributed by atoms with van der Waals surface area (Å²) in [5, 5.41) is 0. The average molecular weight is 120 g/mol. The second-order valence-electron chi connectivity index (χ2n) is 1.59. The standard InChI is InChI=1S/C4H12N2.C2H6.H2/c1-6(2)4-3-5;1-2;/h3-5H2,1-2H3;1-2H3;1H. The lowest BCUT2D eigenvalue weighted by Crippen LogP contribution is -2.20. The molecule has 0 fully saturated rings. The van der Waals surface area contributed by atoms with Crippen LogP contribution in [-0.4, -0.2) is 32.1 Å². The minimum atomic E-state index is 0. The highest BCUT2D eigenvalue weighted by Gasteiger charge is 1.79. The molecule has 0 aromatic carbocycles. The Kier molecular flexibility index (Phi) is 13.6. The fourth-order valence-corrected chi connectivity index (χ4v) is 0.258. The zero-order valence-electron chi connectivity index (χ0n) is 6.44. The van der Waals surface area contributed by atoms with Crippen molar-refractivity contribution in [2.45, 2.75) is 13.8 Å². The summed E-state index contributed by atoms with van der Waals surface area (Å²) in [5.74, 6) is 0. The molecule has 0 heterocycles. The van der Waals surface area contributed by atoms with Gasteiger partial charge in [0.2, 0.25) is 0 Å². The lowest BCUT2D eigenvalue weighted by atomic mass is 10.6. The summed E-state index contributed by atoms with van der Waals surface area (Å²) < 4.78 is 0. The van der Waals surface area contributed by atoms with Gasteiger partial charge in [-0.15, -0.1) is 0 Å². The topological polar surface area (TPSA) is 29.3 Å². The van der Waals surface area contributed by atoms with E-state index in [-0.39, 0.29) is 1.43 Å². The first kappa shape index (κ1) is 10.8. The molecular weight excluding hydrogens is 100 g/mol. The predicted octanol–water partition coefficient (Wildman–Crippen LogP) is 0.779. The third-order valence-electron chi connectivity index (χ3n) is 0.576. The van der Waals surface area contributed by atoms with Crippen LogP contribution in [0.15, 0.2) is 0 Å². The molecule has 0 aromatic rings. The Morgan fingerprint density at radius 3 is 1.75 bits per heavy atom. The van der Waals surface area contributed by atoms with Gasteiger partial charge in [-0.05, 0) is 14.1 Å². The minimum Gasteiger partial charge on any atom is -0.329 e. The van der Waals surface area contributed by atoms with E-state index in [1.54, 1.807) is 0 Å². The van der Waals surface area contributed by atoms with Gasteiger partial charge in [-0.1, -0.05) is 13.8 Å². The minimum absolute atomic E-state index is 0. The van der Waals surface area contributed by atoms with Crippen molar-refractivity contribution in [3.63, 3.8) is 0 Å². The Bertz CT molecular complexity index is 32.2. The van der Waals surface area contributed by atoms with Gasteiger partial charge in [0.25, 0.3) is 0 Å². The molecule has 2 N–H and O–H groups in total. The van der Waals surface area contributed by atoms with E-state index >= 15 is 0 Å². The number of rotatable bonds is 2. The molecule has 0 saturated carbocycles. The van der Waals surface area contributed by atoms with Gasteiger partial charge in [0.15, 0.2) is 0 Å². The van der Waals surface area contributed by atoms with Gasteiger partial charge in [-0.2, -0.15) is 0 Å². The molecule has 2 nitrogen and oxygen atoms in total. The van der Waals surface area contributed by atoms with Crippen LogP contribution >= 0.6 is 0 Å². The molecule has 0 aliphatic heterocycles. The maximum Gasteiger partial charge on any atom is 0.00985 e. The second-order valence-corrected chi connectivity index (χ2v) is 1.59. The molecule has 0 spiro atoms. The SMILES string of the molecule is CC.CN(C)CCN.[HH].